The molecule has 128 valence electrons. The van der Waals surface area contributed by atoms with Crippen LogP contribution in [0.25, 0.3) is 0 Å². The van der Waals surface area contributed by atoms with E-state index in [1.165, 1.54) is 5.56 Å². The minimum absolute atomic E-state index is 0.184. The van der Waals surface area contributed by atoms with E-state index < -0.39 is 5.60 Å². The van der Waals surface area contributed by atoms with Gasteiger partial charge in [-0.05, 0) is 84.4 Å². The van der Waals surface area contributed by atoms with Crippen molar-refractivity contribution in [1.29, 1.82) is 0 Å². The van der Waals surface area contributed by atoms with E-state index in [1.807, 2.05) is 39.5 Å². The quantitative estimate of drug-likeness (QED) is 0.817. The van der Waals surface area contributed by atoms with E-state index in [0.717, 1.165) is 37.2 Å². The fourth-order valence-electron chi connectivity index (χ4n) is 3.30. The number of nitrogens with zero attached hydrogens (tertiary/aromatic N) is 2. The van der Waals surface area contributed by atoms with Gasteiger partial charge in [-0.15, -0.1) is 0 Å². The van der Waals surface area contributed by atoms with Crippen LogP contribution in [0.2, 0.25) is 0 Å². The molecule has 0 radical (unpaired) electrons. The van der Waals surface area contributed by atoms with Crippen LogP contribution in [-0.2, 0) is 11.2 Å². The number of ether oxygens (including phenoxy) is 1. The molecule has 2 atom stereocenters. The van der Waals surface area contributed by atoms with Crippen LogP contribution in [0.3, 0.4) is 0 Å². The lowest BCUT2D eigenvalue weighted by Crippen LogP contribution is -2.48. The second-order valence-electron chi connectivity index (χ2n) is 7.89. The molecule has 0 N–H and O–H groups in total. The summed E-state index contributed by atoms with van der Waals surface area (Å²) >= 11 is 0. The second-order valence-corrected chi connectivity index (χ2v) is 7.89. The highest BCUT2D eigenvalue weighted by molar-refractivity contribution is 5.68. The van der Waals surface area contributed by atoms with Crippen LogP contribution in [0.4, 0.5) is 4.79 Å². The van der Waals surface area contributed by atoms with Crippen LogP contribution in [-0.4, -0.2) is 34.2 Å². The highest BCUT2D eigenvalue weighted by Crippen LogP contribution is 2.26. The Morgan fingerprint density at radius 3 is 2.43 bits per heavy atom. The summed E-state index contributed by atoms with van der Waals surface area (Å²) in [7, 11) is 0. The molecule has 1 aliphatic heterocycles. The van der Waals surface area contributed by atoms with Crippen molar-refractivity contribution in [3.8, 4) is 0 Å². The first kappa shape index (κ1) is 17.8. The largest absolute Gasteiger partial charge is 0.444 e. The Balaban J connectivity index is 2.03. The SMILES string of the molecule is Cc1cc(CC2CCC(C)N(C(=O)OC(C)(C)C)C2)cc(C)n1. The lowest BCUT2D eigenvalue weighted by Gasteiger charge is -2.38. The van der Waals surface area contributed by atoms with Gasteiger partial charge in [0.25, 0.3) is 0 Å². The highest BCUT2D eigenvalue weighted by atomic mass is 16.6. The fraction of sp³-hybridized carbons (Fsp3) is 0.684. The summed E-state index contributed by atoms with van der Waals surface area (Å²) in [5, 5.41) is 0. The van der Waals surface area contributed by atoms with Gasteiger partial charge in [-0.2, -0.15) is 0 Å². The lowest BCUT2D eigenvalue weighted by molar-refractivity contribution is 0.00541. The molecule has 1 aromatic heterocycles. The molecule has 1 saturated heterocycles. The van der Waals surface area contributed by atoms with E-state index in [-0.39, 0.29) is 12.1 Å². The van der Waals surface area contributed by atoms with E-state index in [0.29, 0.717) is 5.92 Å². The van der Waals surface area contributed by atoms with Crippen LogP contribution < -0.4 is 0 Å². The van der Waals surface area contributed by atoms with Crippen molar-refractivity contribution in [3.63, 3.8) is 0 Å². The molecule has 4 nitrogen and oxygen atoms in total. The monoisotopic (exact) mass is 318 g/mol. The van der Waals surface area contributed by atoms with Gasteiger partial charge in [0.1, 0.15) is 5.60 Å². The minimum Gasteiger partial charge on any atom is -0.444 e. The molecule has 1 amide bonds. The molecule has 1 aliphatic rings. The summed E-state index contributed by atoms with van der Waals surface area (Å²) in [6, 6.07) is 4.56. The van der Waals surface area contributed by atoms with Crippen molar-refractivity contribution in [1.82, 2.24) is 9.88 Å². The number of carbonyl (C=O) groups excluding carboxylic acids is 1. The number of aryl methyl sites for hydroxylation is 2. The predicted molar refractivity (Wildman–Crippen MR) is 92.5 cm³/mol. The summed E-state index contributed by atoms with van der Waals surface area (Å²) in [5.41, 5.74) is 3.00. The van der Waals surface area contributed by atoms with E-state index >= 15 is 0 Å². The highest BCUT2D eigenvalue weighted by Gasteiger charge is 2.32. The summed E-state index contributed by atoms with van der Waals surface area (Å²) < 4.78 is 5.56. The number of piperidine rings is 1. The van der Waals surface area contributed by atoms with Crippen molar-refractivity contribution in [3.05, 3.63) is 29.1 Å². The first-order valence-electron chi connectivity index (χ1n) is 8.58. The Morgan fingerprint density at radius 2 is 1.87 bits per heavy atom. The van der Waals surface area contributed by atoms with Gasteiger partial charge in [-0.25, -0.2) is 4.79 Å². The van der Waals surface area contributed by atoms with Crippen LogP contribution in [0.1, 0.15) is 57.5 Å². The zero-order valence-electron chi connectivity index (χ0n) is 15.3. The third-order valence-electron chi connectivity index (χ3n) is 4.27. The van der Waals surface area contributed by atoms with E-state index in [9.17, 15) is 4.79 Å². The Kier molecular flexibility index (Phi) is 5.33. The molecule has 2 unspecified atom stereocenters. The fourth-order valence-corrected chi connectivity index (χ4v) is 3.30. The van der Waals surface area contributed by atoms with E-state index in [2.05, 4.69) is 24.0 Å². The van der Waals surface area contributed by atoms with Gasteiger partial charge in [-0.1, -0.05) is 0 Å². The third-order valence-corrected chi connectivity index (χ3v) is 4.27. The van der Waals surface area contributed by atoms with Gasteiger partial charge in [0.15, 0.2) is 0 Å². The maximum atomic E-state index is 12.4. The molecule has 1 aromatic rings. The average molecular weight is 318 g/mol. The number of amides is 1. The zero-order valence-corrected chi connectivity index (χ0v) is 15.3. The van der Waals surface area contributed by atoms with Crippen molar-refractivity contribution >= 4 is 6.09 Å². The van der Waals surface area contributed by atoms with E-state index in [4.69, 9.17) is 4.74 Å². The number of hydrogen-bond donors (Lipinski definition) is 0. The summed E-state index contributed by atoms with van der Waals surface area (Å²) in [4.78, 5) is 18.8. The summed E-state index contributed by atoms with van der Waals surface area (Å²) in [5.74, 6) is 0.486. The number of pyridine rings is 1. The standard InChI is InChI=1S/C19H30N2O2/c1-13-9-17(10-14(2)20-13)11-16-8-7-15(3)21(12-16)18(22)23-19(4,5)6/h9-10,15-16H,7-8,11-12H2,1-6H3. The molecule has 0 aliphatic carbocycles. The Hall–Kier alpha value is -1.58. The smallest absolute Gasteiger partial charge is 0.410 e. The number of carbonyl (C=O) groups is 1. The van der Waals surface area contributed by atoms with Crippen LogP contribution >= 0.6 is 0 Å². The van der Waals surface area contributed by atoms with Crippen molar-refractivity contribution < 1.29 is 9.53 Å². The van der Waals surface area contributed by atoms with Crippen molar-refractivity contribution in [2.75, 3.05) is 6.54 Å². The Morgan fingerprint density at radius 1 is 1.26 bits per heavy atom. The average Bonchev–Trinajstić information content (AvgIpc) is 2.37. The molecule has 23 heavy (non-hydrogen) atoms. The zero-order chi connectivity index (χ0) is 17.2. The first-order valence-corrected chi connectivity index (χ1v) is 8.58. The molecule has 0 spiro atoms. The molecular weight excluding hydrogens is 288 g/mol. The van der Waals surface area contributed by atoms with Crippen LogP contribution in [0.5, 0.6) is 0 Å². The second kappa shape index (κ2) is 6.90. The van der Waals surface area contributed by atoms with Gasteiger partial charge in [0, 0.05) is 24.0 Å². The molecular formula is C19H30N2O2. The number of aromatic nitrogens is 1. The Bertz CT molecular complexity index is 543. The van der Waals surface area contributed by atoms with Gasteiger partial charge >= 0.3 is 6.09 Å². The molecule has 0 saturated carbocycles. The van der Waals surface area contributed by atoms with Crippen molar-refractivity contribution in [2.45, 2.75) is 72.4 Å². The maximum absolute atomic E-state index is 12.4. The minimum atomic E-state index is -0.441. The number of hydrogen-bond acceptors (Lipinski definition) is 3. The number of rotatable bonds is 2. The maximum Gasteiger partial charge on any atom is 0.410 e. The van der Waals surface area contributed by atoms with Gasteiger partial charge in [0.2, 0.25) is 0 Å². The first-order chi connectivity index (χ1) is 10.6. The molecule has 2 rings (SSSR count). The summed E-state index contributed by atoms with van der Waals surface area (Å²) in [6.45, 7) is 12.7. The molecule has 4 heteroatoms. The molecule has 2 heterocycles. The van der Waals surface area contributed by atoms with Crippen LogP contribution in [0.15, 0.2) is 12.1 Å². The summed E-state index contributed by atoms with van der Waals surface area (Å²) in [6.07, 6.45) is 3.00. The molecule has 0 aromatic carbocycles. The molecule has 1 fully saturated rings. The number of likely N-dealkylation sites (tertiary alicyclic amines) is 1. The topological polar surface area (TPSA) is 42.4 Å². The van der Waals surface area contributed by atoms with Crippen LogP contribution in [0, 0.1) is 19.8 Å². The van der Waals surface area contributed by atoms with Gasteiger partial charge in [0.05, 0.1) is 0 Å². The third kappa shape index (κ3) is 5.22. The van der Waals surface area contributed by atoms with Gasteiger partial charge in [-0.3, -0.25) is 4.98 Å². The normalized spacial score (nSPS) is 22.1. The lowest BCUT2D eigenvalue weighted by atomic mass is 9.88. The predicted octanol–water partition coefficient (Wildman–Crippen LogP) is 4.28. The molecule has 0 bridgehead atoms. The Labute approximate surface area is 140 Å². The van der Waals surface area contributed by atoms with E-state index in [1.54, 1.807) is 0 Å². The van der Waals surface area contributed by atoms with Crippen molar-refractivity contribution in [2.24, 2.45) is 5.92 Å². The van der Waals surface area contributed by atoms with Gasteiger partial charge < -0.3 is 9.64 Å².